The number of pyridine rings is 1. The van der Waals surface area contributed by atoms with Gasteiger partial charge < -0.3 is 19.7 Å². The first-order valence-electron chi connectivity index (χ1n) is 13.8. The van der Waals surface area contributed by atoms with Crippen LogP contribution in [0.4, 0.5) is 4.39 Å². The van der Waals surface area contributed by atoms with Crippen molar-refractivity contribution in [2.45, 2.75) is 66.3 Å². The molecule has 0 bridgehead atoms. The van der Waals surface area contributed by atoms with E-state index in [4.69, 9.17) is 14.7 Å². The molecule has 0 spiro atoms. The molecule has 2 aromatic carbocycles. The minimum atomic E-state index is -0.256. The Morgan fingerprint density at radius 1 is 1.07 bits per heavy atom. The molecule has 6 nitrogen and oxygen atoms in total. The Hall–Kier alpha value is -4.15. The van der Waals surface area contributed by atoms with E-state index >= 15 is 0 Å². The first-order valence-corrected chi connectivity index (χ1v) is 13.8. The highest BCUT2D eigenvalue weighted by molar-refractivity contribution is 5.91. The lowest BCUT2D eigenvalue weighted by molar-refractivity contribution is 0.0775. The van der Waals surface area contributed by atoms with Gasteiger partial charge in [-0.3, -0.25) is 4.98 Å². The summed E-state index contributed by atoms with van der Waals surface area (Å²) < 4.78 is 24.9. The maximum atomic E-state index is 14.0. The lowest BCUT2D eigenvalue weighted by Gasteiger charge is -2.29. The Kier molecular flexibility index (Phi) is 11.7. The Balaban J connectivity index is 0.000000570. The molecule has 1 unspecified atom stereocenters. The molecule has 5 rings (SSSR count). The number of nitrogens with one attached hydrogen (secondary N) is 1. The van der Waals surface area contributed by atoms with Gasteiger partial charge in [0.1, 0.15) is 11.6 Å². The van der Waals surface area contributed by atoms with Crippen LogP contribution in [0.3, 0.4) is 0 Å². The molecule has 0 saturated carbocycles. The van der Waals surface area contributed by atoms with Gasteiger partial charge in [0, 0.05) is 23.5 Å². The van der Waals surface area contributed by atoms with E-state index in [9.17, 15) is 4.39 Å². The quantitative estimate of drug-likeness (QED) is 0.246. The van der Waals surface area contributed by atoms with Crippen molar-refractivity contribution in [3.8, 4) is 12.0 Å². The Bertz CT molecular complexity index is 1310. The van der Waals surface area contributed by atoms with E-state index in [1.165, 1.54) is 11.6 Å². The third-order valence-electron chi connectivity index (χ3n) is 6.62. The van der Waals surface area contributed by atoms with Crippen LogP contribution in [0.1, 0.15) is 64.2 Å². The smallest absolute Gasteiger partial charge is 0.292 e. The van der Waals surface area contributed by atoms with Gasteiger partial charge in [-0.15, -0.1) is 5.26 Å². The highest BCUT2D eigenvalue weighted by Crippen LogP contribution is 2.42. The molecule has 1 fully saturated rings. The summed E-state index contributed by atoms with van der Waals surface area (Å²) in [6.07, 6.45) is 9.42. The molecule has 0 radical (unpaired) electrons. The SMILES string of the molecule is CC.CC=C(C)C.N#COc1ccc(COC[C@@H]2CCC3NC(c4cccc(F)c4)=C(c4ccncc4)N32)cc1. The number of allylic oxidation sites excluding steroid dienone is 2. The topological polar surface area (TPSA) is 70.4 Å². The minimum absolute atomic E-state index is 0.141. The van der Waals surface area contributed by atoms with Crippen LogP contribution in [0.25, 0.3) is 11.4 Å². The molecule has 7 heteroatoms. The molecule has 0 aliphatic carbocycles. The number of rotatable bonds is 7. The summed E-state index contributed by atoms with van der Waals surface area (Å²) >= 11 is 0. The van der Waals surface area contributed by atoms with E-state index in [1.54, 1.807) is 42.9 Å². The summed E-state index contributed by atoms with van der Waals surface area (Å²) in [5, 5.41) is 12.2. The van der Waals surface area contributed by atoms with E-state index in [0.29, 0.717) is 19.0 Å². The van der Waals surface area contributed by atoms with Gasteiger partial charge in [0.15, 0.2) is 0 Å². The minimum Gasteiger partial charge on any atom is -0.388 e. The van der Waals surface area contributed by atoms with Crippen LogP contribution >= 0.6 is 0 Å². The molecule has 40 heavy (non-hydrogen) atoms. The second kappa shape index (κ2) is 15.4. The third kappa shape index (κ3) is 7.93. The van der Waals surface area contributed by atoms with Crippen LogP contribution in [-0.2, 0) is 11.3 Å². The number of aromatic nitrogens is 1. The summed E-state index contributed by atoms with van der Waals surface area (Å²) in [4.78, 5) is 6.54. The number of nitrogens with zero attached hydrogens (tertiary/aromatic N) is 3. The van der Waals surface area contributed by atoms with E-state index in [-0.39, 0.29) is 18.0 Å². The molecule has 1 aromatic heterocycles. The fourth-order valence-corrected chi connectivity index (χ4v) is 4.58. The zero-order chi connectivity index (χ0) is 28.9. The van der Waals surface area contributed by atoms with Gasteiger partial charge in [-0.25, -0.2) is 4.39 Å². The first kappa shape index (κ1) is 30.4. The maximum absolute atomic E-state index is 14.0. The zero-order valence-electron chi connectivity index (χ0n) is 24.0. The van der Waals surface area contributed by atoms with Crippen molar-refractivity contribution in [3.05, 3.63) is 107 Å². The average molecular weight is 543 g/mol. The number of halogens is 1. The molecule has 3 aromatic rings. The van der Waals surface area contributed by atoms with Crippen LogP contribution in [0.2, 0.25) is 0 Å². The maximum Gasteiger partial charge on any atom is 0.292 e. The summed E-state index contributed by atoms with van der Waals surface area (Å²) in [5.41, 5.74) is 6.25. The highest BCUT2D eigenvalue weighted by Gasteiger charge is 2.41. The molecular weight excluding hydrogens is 503 g/mol. The summed E-state index contributed by atoms with van der Waals surface area (Å²) in [6, 6.07) is 18.2. The molecular formula is C33H39FN4O2. The van der Waals surface area contributed by atoms with E-state index in [2.05, 4.69) is 35.1 Å². The van der Waals surface area contributed by atoms with E-state index < -0.39 is 0 Å². The number of benzene rings is 2. The fraction of sp³-hybridized carbons (Fsp3) is 0.333. The van der Waals surface area contributed by atoms with Gasteiger partial charge in [0.2, 0.25) is 0 Å². The summed E-state index contributed by atoms with van der Waals surface area (Å²) in [5.74, 6) is 0.258. The molecule has 2 aliphatic rings. The van der Waals surface area contributed by atoms with Crippen LogP contribution in [-0.4, -0.2) is 28.7 Å². The second-order valence-corrected chi connectivity index (χ2v) is 9.49. The third-order valence-corrected chi connectivity index (χ3v) is 6.62. The average Bonchev–Trinajstić information content (AvgIpc) is 3.56. The van der Waals surface area contributed by atoms with Crippen LogP contribution < -0.4 is 10.1 Å². The van der Waals surface area contributed by atoms with Crippen molar-refractivity contribution in [1.29, 1.82) is 5.26 Å². The van der Waals surface area contributed by atoms with Gasteiger partial charge >= 0.3 is 0 Å². The number of fused-ring (bicyclic) bond motifs is 1. The molecule has 0 amide bonds. The molecule has 2 aliphatic heterocycles. The standard InChI is InChI=1S/C26H23FN4O2.C5H10.C2H6/c27-21-3-1-2-20(14-21)25-26(19-10-12-29-13-11-19)31-22(6-9-24(31)30-25)16-32-15-18-4-7-23(8-5-18)33-17-28;1-4-5(2)3;1-2/h1-5,7-8,10-14,22,24,30H,6,9,15-16H2;4H,1-3H3;1-2H3/t22-,24?;;/m0../s1. The zero-order valence-corrected chi connectivity index (χ0v) is 24.0. The van der Waals surface area contributed by atoms with Crippen molar-refractivity contribution >= 4 is 11.4 Å². The predicted octanol–water partition coefficient (Wildman–Crippen LogP) is 7.52. The van der Waals surface area contributed by atoms with E-state index in [1.807, 2.05) is 51.1 Å². The molecule has 2 atom stereocenters. The number of hydrogen-bond acceptors (Lipinski definition) is 6. The van der Waals surface area contributed by atoms with Crippen LogP contribution in [0.5, 0.6) is 5.75 Å². The lowest BCUT2D eigenvalue weighted by Crippen LogP contribution is -2.38. The monoisotopic (exact) mass is 542 g/mol. The van der Waals surface area contributed by atoms with Gasteiger partial charge in [-0.1, -0.05) is 49.8 Å². The molecule has 210 valence electrons. The van der Waals surface area contributed by atoms with Crippen molar-refractivity contribution < 1.29 is 13.9 Å². The summed E-state index contributed by atoms with van der Waals surface area (Å²) in [7, 11) is 0. The largest absolute Gasteiger partial charge is 0.388 e. The number of nitriles is 1. The number of ether oxygens (including phenoxy) is 2. The normalized spacial score (nSPS) is 16.9. The van der Waals surface area contributed by atoms with Crippen molar-refractivity contribution in [1.82, 2.24) is 15.2 Å². The highest BCUT2D eigenvalue weighted by atomic mass is 19.1. The van der Waals surface area contributed by atoms with Crippen LogP contribution in [0, 0.1) is 17.3 Å². The molecule has 1 N–H and O–H groups in total. The van der Waals surface area contributed by atoms with Crippen molar-refractivity contribution in [2.24, 2.45) is 0 Å². The van der Waals surface area contributed by atoms with Crippen molar-refractivity contribution in [3.63, 3.8) is 0 Å². The Morgan fingerprint density at radius 2 is 1.77 bits per heavy atom. The Labute approximate surface area is 237 Å². The van der Waals surface area contributed by atoms with Crippen molar-refractivity contribution in [2.75, 3.05) is 6.61 Å². The molecule has 3 heterocycles. The fourth-order valence-electron chi connectivity index (χ4n) is 4.58. The van der Waals surface area contributed by atoms with Gasteiger partial charge in [0.05, 0.1) is 36.8 Å². The number of hydrogen-bond donors (Lipinski definition) is 1. The van der Waals surface area contributed by atoms with Gasteiger partial charge in [-0.05, 0) is 75.6 Å². The first-order chi connectivity index (χ1) is 19.5. The predicted molar refractivity (Wildman–Crippen MR) is 158 cm³/mol. The van der Waals surface area contributed by atoms with Gasteiger partial charge in [-0.2, -0.15) is 0 Å². The second-order valence-electron chi connectivity index (χ2n) is 9.49. The lowest BCUT2D eigenvalue weighted by atomic mass is 10.0. The Morgan fingerprint density at radius 3 is 2.40 bits per heavy atom. The molecule has 1 saturated heterocycles. The van der Waals surface area contributed by atoms with Gasteiger partial charge in [0.25, 0.3) is 6.26 Å². The summed E-state index contributed by atoms with van der Waals surface area (Å²) in [6.45, 7) is 11.2. The van der Waals surface area contributed by atoms with E-state index in [0.717, 1.165) is 40.9 Å². The van der Waals surface area contributed by atoms with Crippen LogP contribution in [0.15, 0.2) is 84.7 Å².